The van der Waals surface area contributed by atoms with Gasteiger partial charge in [-0.15, -0.1) is 0 Å². The maximum absolute atomic E-state index is 12.4. The van der Waals surface area contributed by atoms with Crippen LogP contribution in [-0.2, 0) is 14.3 Å². The number of likely N-dealkylation sites (tertiary alicyclic amines) is 1. The first kappa shape index (κ1) is 16.6. The number of ether oxygens (including phenoxy) is 2. The molecule has 1 atom stereocenters. The first-order valence-corrected chi connectivity index (χ1v) is 8.83. The summed E-state index contributed by atoms with van der Waals surface area (Å²) in [6.45, 7) is 8.37. The summed E-state index contributed by atoms with van der Waals surface area (Å²) >= 11 is 0. The fourth-order valence-corrected chi connectivity index (χ4v) is 3.66. The number of amides is 2. The Bertz CT molecular complexity index is 452. The summed E-state index contributed by atoms with van der Waals surface area (Å²) in [6.07, 6.45) is 3.14. The second-order valence-electron chi connectivity index (χ2n) is 7.54. The van der Waals surface area contributed by atoms with E-state index >= 15 is 0 Å². The van der Waals surface area contributed by atoms with Gasteiger partial charge in [0.2, 0.25) is 5.91 Å². The zero-order valence-electron chi connectivity index (χ0n) is 14.3. The van der Waals surface area contributed by atoms with Gasteiger partial charge in [0.1, 0.15) is 5.60 Å². The molecule has 6 heteroatoms. The number of piperidine rings is 1. The minimum Gasteiger partial charge on any atom is -0.441 e. The third-order valence-electron chi connectivity index (χ3n) is 5.28. The minimum absolute atomic E-state index is 0.0257. The molecular formula is C17H28N2O4. The lowest BCUT2D eigenvalue weighted by molar-refractivity contribution is -0.138. The molecule has 0 radical (unpaired) electrons. The molecule has 6 nitrogen and oxygen atoms in total. The van der Waals surface area contributed by atoms with Crippen molar-refractivity contribution in [3.05, 3.63) is 0 Å². The first-order valence-electron chi connectivity index (χ1n) is 8.83. The fraction of sp³-hybridized carbons (Fsp3) is 0.882. The maximum atomic E-state index is 12.4. The van der Waals surface area contributed by atoms with Crippen LogP contribution in [0.1, 0.15) is 39.5 Å². The van der Waals surface area contributed by atoms with Crippen molar-refractivity contribution in [3.8, 4) is 0 Å². The molecule has 130 valence electrons. The standard InChI is InChI=1S/C17H28N2O4/c1-13(2)3-7-19-12-17(23-16(19)21)5-8-18(9-6-17)15(20)14-4-10-22-11-14/h13-14H,3-12H2,1-2H3. The molecule has 3 saturated heterocycles. The largest absolute Gasteiger partial charge is 0.441 e. The van der Waals surface area contributed by atoms with Crippen molar-refractivity contribution in [2.24, 2.45) is 11.8 Å². The Hall–Kier alpha value is -1.30. The molecule has 2 amide bonds. The molecule has 1 unspecified atom stereocenters. The van der Waals surface area contributed by atoms with E-state index in [2.05, 4.69) is 13.8 Å². The second-order valence-corrected chi connectivity index (χ2v) is 7.54. The van der Waals surface area contributed by atoms with Gasteiger partial charge in [0.25, 0.3) is 0 Å². The second kappa shape index (κ2) is 6.67. The van der Waals surface area contributed by atoms with Gasteiger partial charge < -0.3 is 19.3 Å². The lowest BCUT2D eigenvalue weighted by atomic mass is 9.90. The number of hydrogen-bond donors (Lipinski definition) is 0. The molecule has 0 saturated carbocycles. The van der Waals surface area contributed by atoms with Gasteiger partial charge in [0.05, 0.1) is 19.1 Å². The van der Waals surface area contributed by atoms with E-state index < -0.39 is 0 Å². The topological polar surface area (TPSA) is 59.1 Å². The Kier molecular flexibility index (Phi) is 4.80. The zero-order valence-corrected chi connectivity index (χ0v) is 14.3. The van der Waals surface area contributed by atoms with Crippen LogP contribution in [0.4, 0.5) is 4.79 Å². The van der Waals surface area contributed by atoms with Crippen molar-refractivity contribution < 1.29 is 19.1 Å². The summed E-state index contributed by atoms with van der Waals surface area (Å²) in [5, 5.41) is 0. The van der Waals surface area contributed by atoms with Crippen molar-refractivity contribution in [1.82, 2.24) is 9.80 Å². The van der Waals surface area contributed by atoms with Crippen molar-refractivity contribution in [2.75, 3.05) is 39.4 Å². The van der Waals surface area contributed by atoms with E-state index in [9.17, 15) is 9.59 Å². The SMILES string of the molecule is CC(C)CCN1CC2(CCN(C(=O)C3CCOC3)CC2)OC1=O. The molecule has 1 spiro atoms. The summed E-state index contributed by atoms with van der Waals surface area (Å²) < 4.78 is 11.0. The summed E-state index contributed by atoms with van der Waals surface area (Å²) in [7, 11) is 0. The van der Waals surface area contributed by atoms with Crippen molar-refractivity contribution in [1.29, 1.82) is 0 Å². The van der Waals surface area contributed by atoms with Gasteiger partial charge in [-0.2, -0.15) is 0 Å². The van der Waals surface area contributed by atoms with Gasteiger partial charge in [-0.1, -0.05) is 13.8 Å². The minimum atomic E-state index is -0.378. The van der Waals surface area contributed by atoms with Crippen LogP contribution in [-0.4, -0.2) is 66.8 Å². The maximum Gasteiger partial charge on any atom is 0.410 e. The lowest BCUT2D eigenvalue weighted by Gasteiger charge is -2.38. The number of nitrogens with zero attached hydrogens (tertiary/aromatic N) is 2. The third kappa shape index (κ3) is 3.62. The molecule has 3 aliphatic heterocycles. The number of carbonyl (C=O) groups is 2. The Morgan fingerprint density at radius 3 is 2.70 bits per heavy atom. The molecule has 0 aromatic rings. The predicted molar refractivity (Wildman–Crippen MR) is 85.0 cm³/mol. The van der Waals surface area contributed by atoms with E-state index in [1.165, 1.54) is 0 Å². The van der Waals surface area contributed by atoms with Crippen LogP contribution in [0.15, 0.2) is 0 Å². The smallest absolute Gasteiger partial charge is 0.410 e. The van der Waals surface area contributed by atoms with Gasteiger partial charge >= 0.3 is 6.09 Å². The molecular weight excluding hydrogens is 296 g/mol. The van der Waals surface area contributed by atoms with E-state index in [1.807, 2.05) is 9.80 Å². The van der Waals surface area contributed by atoms with Crippen LogP contribution in [0.2, 0.25) is 0 Å². The van der Waals surface area contributed by atoms with Crippen LogP contribution < -0.4 is 0 Å². The van der Waals surface area contributed by atoms with Crippen molar-refractivity contribution in [2.45, 2.75) is 45.1 Å². The van der Waals surface area contributed by atoms with Gasteiger partial charge in [0, 0.05) is 39.1 Å². The average Bonchev–Trinajstić information content (AvgIpc) is 3.14. The number of rotatable bonds is 4. The fourth-order valence-electron chi connectivity index (χ4n) is 3.66. The summed E-state index contributed by atoms with van der Waals surface area (Å²) in [4.78, 5) is 28.3. The van der Waals surface area contributed by atoms with Crippen LogP contribution >= 0.6 is 0 Å². The van der Waals surface area contributed by atoms with Crippen LogP contribution in [0.3, 0.4) is 0 Å². The third-order valence-corrected chi connectivity index (χ3v) is 5.28. The highest BCUT2D eigenvalue weighted by atomic mass is 16.6. The molecule has 3 rings (SSSR count). The van der Waals surface area contributed by atoms with Crippen LogP contribution in [0.5, 0.6) is 0 Å². The van der Waals surface area contributed by atoms with Gasteiger partial charge in [-0.05, 0) is 18.8 Å². The molecule has 0 N–H and O–H groups in total. The molecule has 3 heterocycles. The summed E-state index contributed by atoms with van der Waals surface area (Å²) in [5.41, 5.74) is -0.378. The number of carbonyl (C=O) groups excluding carboxylic acids is 2. The number of hydrogen-bond acceptors (Lipinski definition) is 4. The Balaban J connectivity index is 1.52. The van der Waals surface area contributed by atoms with Crippen molar-refractivity contribution >= 4 is 12.0 Å². The molecule has 0 aromatic carbocycles. The van der Waals surface area contributed by atoms with Gasteiger partial charge in [-0.25, -0.2) is 4.79 Å². The monoisotopic (exact) mass is 324 g/mol. The van der Waals surface area contributed by atoms with E-state index in [1.54, 1.807) is 0 Å². The van der Waals surface area contributed by atoms with E-state index in [0.717, 1.165) is 32.2 Å². The van der Waals surface area contributed by atoms with Crippen LogP contribution in [0, 0.1) is 11.8 Å². The zero-order chi connectivity index (χ0) is 16.4. The van der Waals surface area contributed by atoms with Crippen LogP contribution in [0.25, 0.3) is 0 Å². The molecule has 0 aromatic heterocycles. The Morgan fingerprint density at radius 2 is 2.09 bits per heavy atom. The molecule has 3 fully saturated rings. The highest BCUT2D eigenvalue weighted by Gasteiger charge is 2.47. The normalized spacial score (nSPS) is 27.1. The summed E-state index contributed by atoms with van der Waals surface area (Å²) in [5.74, 6) is 0.809. The molecule has 0 bridgehead atoms. The summed E-state index contributed by atoms with van der Waals surface area (Å²) in [6, 6.07) is 0. The van der Waals surface area contributed by atoms with E-state index in [0.29, 0.717) is 38.8 Å². The van der Waals surface area contributed by atoms with Gasteiger partial charge in [-0.3, -0.25) is 4.79 Å². The highest BCUT2D eigenvalue weighted by molar-refractivity contribution is 5.79. The Labute approximate surface area is 138 Å². The molecule has 23 heavy (non-hydrogen) atoms. The average molecular weight is 324 g/mol. The predicted octanol–water partition coefficient (Wildman–Crippen LogP) is 1.88. The van der Waals surface area contributed by atoms with Crippen molar-refractivity contribution in [3.63, 3.8) is 0 Å². The highest BCUT2D eigenvalue weighted by Crippen LogP contribution is 2.34. The van der Waals surface area contributed by atoms with E-state index in [4.69, 9.17) is 9.47 Å². The van der Waals surface area contributed by atoms with Gasteiger partial charge in [0.15, 0.2) is 0 Å². The molecule has 0 aliphatic carbocycles. The Morgan fingerprint density at radius 1 is 1.35 bits per heavy atom. The van der Waals surface area contributed by atoms with E-state index in [-0.39, 0.29) is 23.5 Å². The lowest BCUT2D eigenvalue weighted by Crippen LogP contribution is -2.50. The molecule has 3 aliphatic rings. The quantitative estimate of drug-likeness (QED) is 0.792. The first-order chi connectivity index (χ1) is 11.0.